The molecule has 2 rings (SSSR count). The summed E-state index contributed by atoms with van der Waals surface area (Å²) < 4.78 is 5.57. The second-order valence-electron chi connectivity index (χ2n) is 5.38. The Bertz CT molecular complexity index is 364. The normalized spacial score (nSPS) is 20.9. The van der Waals surface area contributed by atoms with Gasteiger partial charge >= 0.3 is 0 Å². The van der Waals surface area contributed by atoms with E-state index in [2.05, 4.69) is 36.3 Å². The van der Waals surface area contributed by atoms with E-state index in [1.54, 1.807) is 7.11 Å². The Morgan fingerprint density at radius 3 is 2.78 bits per heavy atom. The van der Waals surface area contributed by atoms with Crippen molar-refractivity contribution >= 4 is 11.3 Å². The van der Waals surface area contributed by atoms with Gasteiger partial charge in [0.1, 0.15) is 0 Å². The lowest BCUT2D eigenvalue weighted by Gasteiger charge is -2.44. The van der Waals surface area contributed by atoms with E-state index in [1.807, 2.05) is 11.3 Å². The Balaban J connectivity index is 2.17. The predicted molar refractivity (Wildman–Crippen MR) is 76.8 cm³/mol. The first-order chi connectivity index (χ1) is 8.61. The maximum absolute atomic E-state index is 6.06. The smallest absolute Gasteiger partial charge is 0.0736 e. The second-order valence-corrected chi connectivity index (χ2v) is 6.41. The standard InChI is InChI=1S/C14H24N2OS/c1-11(17-3)14(2,10-15)16(12-6-7-12)9-13-5-4-8-18-13/h4-5,8,11-12H,6-7,9-10,15H2,1-3H3. The van der Waals surface area contributed by atoms with Crippen molar-refractivity contribution in [1.29, 1.82) is 0 Å². The van der Waals surface area contributed by atoms with Crippen molar-refractivity contribution < 1.29 is 4.74 Å². The third-order valence-corrected chi connectivity index (χ3v) is 5.05. The highest BCUT2D eigenvalue weighted by atomic mass is 32.1. The lowest BCUT2D eigenvalue weighted by atomic mass is 9.92. The third kappa shape index (κ3) is 2.77. The van der Waals surface area contributed by atoms with E-state index < -0.39 is 0 Å². The molecule has 0 aliphatic heterocycles. The number of hydrogen-bond acceptors (Lipinski definition) is 4. The van der Waals surface area contributed by atoms with E-state index in [1.165, 1.54) is 17.7 Å². The molecule has 4 heteroatoms. The maximum Gasteiger partial charge on any atom is 0.0736 e. The summed E-state index contributed by atoms with van der Waals surface area (Å²) in [5.74, 6) is 0. The molecule has 1 fully saturated rings. The number of nitrogens with zero attached hydrogens (tertiary/aromatic N) is 1. The highest BCUT2D eigenvalue weighted by Gasteiger charge is 2.44. The van der Waals surface area contributed by atoms with Crippen molar-refractivity contribution in [2.24, 2.45) is 5.73 Å². The minimum Gasteiger partial charge on any atom is -0.380 e. The van der Waals surface area contributed by atoms with E-state index in [-0.39, 0.29) is 11.6 Å². The molecule has 102 valence electrons. The molecular formula is C14H24N2OS. The van der Waals surface area contributed by atoms with E-state index in [9.17, 15) is 0 Å². The van der Waals surface area contributed by atoms with Gasteiger partial charge < -0.3 is 10.5 Å². The fraction of sp³-hybridized carbons (Fsp3) is 0.714. The molecule has 1 heterocycles. The average molecular weight is 268 g/mol. The van der Waals surface area contributed by atoms with Crippen molar-refractivity contribution in [2.75, 3.05) is 13.7 Å². The Morgan fingerprint density at radius 1 is 1.61 bits per heavy atom. The summed E-state index contributed by atoms with van der Waals surface area (Å²) in [6.45, 7) is 5.97. The SMILES string of the molecule is COC(C)C(C)(CN)N(Cc1cccs1)C1CC1. The van der Waals surface area contributed by atoms with Crippen molar-refractivity contribution in [3.8, 4) is 0 Å². The summed E-state index contributed by atoms with van der Waals surface area (Å²) in [4.78, 5) is 3.96. The summed E-state index contributed by atoms with van der Waals surface area (Å²) in [5, 5.41) is 2.14. The lowest BCUT2D eigenvalue weighted by Crippen LogP contribution is -2.59. The molecule has 1 saturated carbocycles. The van der Waals surface area contributed by atoms with Gasteiger partial charge in [-0.15, -0.1) is 11.3 Å². The fourth-order valence-corrected chi connectivity index (χ4v) is 3.16. The number of rotatable bonds is 7. The van der Waals surface area contributed by atoms with Crippen LogP contribution in [0.4, 0.5) is 0 Å². The minimum atomic E-state index is -0.0834. The van der Waals surface area contributed by atoms with E-state index >= 15 is 0 Å². The van der Waals surface area contributed by atoms with Gasteiger partial charge in [-0.2, -0.15) is 0 Å². The molecule has 1 aliphatic rings. The van der Waals surface area contributed by atoms with Crippen LogP contribution in [-0.2, 0) is 11.3 Å². The average Bonchev–Trinajstić information content (AvgIpc) is 3.10. The Kier molecular flexibility index (Phi) is 4.43. The van der Waals surface area contributed by atoms with Gasteiger partial charge in [-0.25, -0.2) is 0 Å². The first-order valence-corrected chi connectivity index (χ1v) is 7.51. The molecular weight excluding hydrogens is 244 g/mol. The molecule has 18 heavy (non-hydrogen) atoms. The quantitative estimate of drug-likeness (QED) is 0.825. The summed E-state index contributed by atoms with van der Waals surface area (Å²) in [7, 11) is 1.77. The van der Waals surface area contributed by atoms with Crippen LogP contribution >= 0.6 is 11.3 Å². The lowest BCUT2D eigenvalue weighted by molar-refractivity contribution is -0.0394. The molecule has 2 atom stereocenters. The zero-order valence-corrected chi connectivity index (χ0v) is 12.4. The number of nitrogens with two attached hydrogens (primary N) is 1. The van der Waals surface area contributed by atoms with Gasteiger partial charge in [-0.3, -0.25) is 4.90 Å². The van der Waals surface area contributed by atoms with Gasteiger partial charge in [-0.05, 0) is 38.1 Å². The Hall–Kier alpha value is -0.420. The molecule has 0 spiro atoms. The Morgan fingerprint density at radius 2 is 2.33 bits per heavy atom. The highest BCUT2D eigenvalue weighted by Crippen LogP contribution is 2.36. The van der Waals surface area contributed by atoms with Crippen LogP contribution in [0.1, 0.15) is 31.6 Å². The number of methoxy groups -OCH3 is 1. The number of hydrogen-bond donors (Lipinski definition) is 1. The highest BCUT2D eigenvalue weighted by molar-refractivity contribution is 7.09. The molecule has 2 N–H and O–H groups in total. The van der Waals surface area contributed by atoms with E-state index in [4.69, 9.17) is 10.5 Å². The van der Waals surface area contributed by atoms with Gasteiger partial charge in [0.25, 0.3) is 0 Å². The topological polar surface area (TPSA) is 38.5 Å². The largest absolute Gasteiger partial charge is 0.380 e. The predicted octanol–water partition coefficient (Wildman–Crippen LogP) is 2.46. The van der Waals surface area contributed by atoms with Crippen molar-refractivity contribution in [3.63, 3.8) is 0 Å². The second kappa shape index (κ2) is 5.70. The molecule has 1 aromatic rings. The van der Waals surface area contributed by atoms with Crippen LogP contribution in [0.2, 0.25) is 0 Å². The van der Waals surface area contributed by atoms with Crippen LogP contribution in [-0.4, -0.2) is 36.2 Å². The van der Waals surface area contributed by atoms with Gasteiger partial charge in [0.15, 0.2) is 0 Å². The number of thiophene rings is 1. The van der Waals surface area contributed by atoms with Crippen LogP contribution in [0, 0.1) is 0 Å². The van der Waals surface area contributed by atoms with E-state index in [0.717, 1.165) is 6.54 Å². The molecule has 0 saturated heterocycles. The molecule has 0 bridgehead atoms. The summed E-state index contributed by atoms with van der Waals surface area (Å²) in [6.07, 6.45) is 2.72. The zero-order chi connectivity index (χ0) is 13.2. The van der Waals surface area contributed by atoms with Crippen LogP contribution in [0.5, 0.6) is 0 Å². The molecule has 0 amide bonds. The van der Waals surface area contributed by atoms with Gasteiger partial charge in [0, 0.05) is 31.1 Å². The summed E-state index contributed by atoms with van der Waals surface area (Å²) in [6, 6.07) is 5.00. The van der Waals surface area contributed by atoms with Crippen molar-refractivity contribution in [3.05, 3.63) is 22.4 Å². The molecule has 1 aromatic heterocycles. The van der Waals surface area contributed by atoms with Crippen LogP contribution in [0.15, 0.2) is 17.5 Å². The van der Waals surface area contributed by atoms with Gasteiger partial charge in [0.2, 0.25) is 0 Å². The molecule has 0 radical (unpaired) electrons. The van der Waals surface area contributed by atoms with Crippen LogP contribution in [0.25, 0.3) is 0 Å². The van der Waals surface area contributed by atoms with Crippen LogP contribution in [0.3, 0.4) is 0 Å². The van der Waals surface area contributed by atoms with Crippen molar-refractivity contribution in [2.45, 2.75) is 50.9 Å². The van der Waals surface area contributed by atoms with Gasteiger partial charge in [-0.1, -0.05) is 6.07 Å². The van der Waals surface area contributed by atoms with Crippen LogP contribution < -0.4 is 5.73 Å². The first-order valence-electron chi connectivity index (χ1n) is 6.64. The fourth-order valence-electron chi connectivity index (χ4n) is 2.45. The molecule has 0 aromatic carbocycles. The third-order valence-electron chi connectivity index (χ3n) is 4.19. The molecule has 1 aliphatic carbocycles. The molecule has 3 nitrogen and oxygen atoms in total. The van der Waals surface area contributed by atoms with Crippen molar-refractivity contribution in [1.82, 2.24) is 4.90 Å². The zero-order valence-electron chi connectivity index (χ0n) is 11.6. The van der Waals surface area contributed by atoms with Gasteiger partial charge in [0.05, 0.1) is 11.6 Å². The Labute approximate surface area is 114 Å². The maximum atomic E-state index is 6.06. The summed E-state index contributed by atoms with van der Waals surface area (Å²) >= 11 is 1.82. The minimum absolute atomic E-state index is 0.0834. The number of ether oxygens (including phenoxy) is 1. The first kappa shape index (κ1) is 14.0. The summed E-state index contributed by atoms with van der Waals surface area (Å²) in [5.41, 5.74) is 5.98. The van der Waals surface area contributed by atoms with E-state index in [0.29, 0.717) is 12.6 Å². The monoisotopic (exact) mass is 268 g/mol. The molecule has 2 unspecified atom stereocenters.